The van der Waals surface area contributed by atoms with E-state index in [2.05, 4.69) is 51.2 Å². The molecular formula is C14H21NO. The summed E-state index contributed by atoms with van der Waals surface area (Å²) in [5.41, 5.74) is 4.13. The van der Waals surface area contributed by atoms with Crippen molar-refractivity contribution in [2.24, 2.45) is 5.41 Å². The van der Waals surface area contributed by atoms with E-state index in [1.165, 1.54) is 16.8 Å². The molecule has 16 heavy (non-hydrogen) atoms. The van der Waals surface area contributed by atoms with Gasteiger partial charge in [0.05, 0.1) is 13.2 Å². The Morgan fingerprint density at radius 2 is 1.88 bits per heavy atom. The highest BCUT2D eigenvalue weighted by atomic mass is 16.5. The Hall–Kier alpha value is -1.02. The quantitative estimate of drug-likeness (QED) is 0.821. The second-order valence-corrected chi connectivity index (χ2v) is 5.71. The van der Waals surface area contributed by atoms with Crippen molar-refractivity contribution >= 4 is 5.69 Å². The van der Waals surface area contributed by atoms with Gasteiger partial charge in [-0.25, -0.2) is 0 Å². The fourth-order valence-corrected chi connectivity index (χ4v) is 1.73. The standard InChI is InChI=1S/C14H21NO/c1-10(14(2,3)4)15-13-6-5-11-8-16-9-12(11)7-13/h5-7,10,15H,8-9H2,1-4H3. The van der Waals surface area contributed by atoms with Crippen LogP contribution in [0.1, 0.15) is 38.8 Å². The summed E-state index contributed by atoms with van der Waals surface area (Å²) >= 11 is 0. The number of hydrogen-bond donors (Lipinski definition) is 1. The maximum Gasteiger partial charge on any atom is 0.0725 e. The molecule has 2 nitrogen and oxygen atoms in total. The van der Waals surface area contributed by atoms with Gasteiger partial charge in [0, 0.05) is 11.7 Å². The van der Waals surface area contributed by atoms with E-state index in [1.807, 2.05) is 0 Å². The summed E-state index contributed by atoms with van der Waals surface area (Å²) in [6.07, 6.45) is 0. The molecule has 0 bridgehead atoms. The molecular weight excluding hydrogens is 198 g/mol. The van der Waals surface area contributed by atoms with Crippen molar-refractivity contribution in [1.82, 2.24) is 0 Å². The van der Waals surface area contributed by atoms with Gasteiger partial charge in [-0.05, 0) is 35.6 Å². The van der Waals surface area contributed by atoms with Crippen LogP contribution in [0.25, 0.3) is 0 Å². The lowest BCUT2D eigenvalue weighted by molar-refractivity contribution is 0.134. The third kappa shape index (κ3) is 2.38. The third-order valence-electron chi connectivity index (χ3n) is 3.40. The van der Waals surface area contributed by atoms with Gasteiger partial charge in [0.2, 0.25) is 0 Å². The molecule has 1 aliphatic heterocycles. The smallest absolute Gasteiger partial charge is 0.0725 e. The van der Waals surface area contributed by atoms with Gasteiger partial charge in [0.15, 0.2) is 0 Å². The Labute approximate surface area is 98.0 Å². The van der Waals surface area contributed by atoms with Crippen LogP contribution in [-0.4, -0.2) is 6.04 Å². The molecule has 0 saturated heterocycles. The van der Waals surface area contributed by atoms with Gasteiger partial charge in [0.1, 0.15) is 0 Å². The van der Waals surface area contributed by atoms with E-state index in [9.17, 15) is 0 Å². The minimum atomic E-state index is 0.273. The zero-order valence-electron chi connectivity index (χ0n) is 10.6. The first-order valence-electron chi connectivity index (χ1n) is 5.93. The lowest BCUT2D eigenvalue weighted by Gasteiger charge is -2.29. The number of nitrogens with one attached hydrogen (secondary N) is 1. The zero-order valence-corrected chi connectivity index (χ0v) is 10.6. The Morgan fingerprint density at radius 3 is 2.56 bits per heavy atom. The van der Waals surface area contributed by atoms with E-state index in [1.54, 1.807) is 0 Å². The summed E-state index contributed by atoms with van der Waals surface area (Å²) < 4.78 is 5.41. The van der Waals surface area contributed by atoms with Crippen molar-refractivity contribution in [3.05, 3.63) is 29.3 Å². The van der Waals surface area contributed by atoms with Gasteiger partial charge in [-0.1, -0.05) is 26.8 Å². The number of fused-ring (bicyclic) bond motifs is 1. The molecule has 1 aromatic rings. The van der Waals surface area contributed by atoms with Crippen LogP contribution in [0.4, 0.5) is 5.69 Å². The van der Waals surface area contributed by atoms with Crippen LogP contribution in [0.15, 0.2) is 18.2 Å². The van der Waals surface area contributed by atoms with Gasteiger partial charge in [-0.2, -0.15) is 0 Å². The normalized spacial score (nSPS) is 17.0. The fraction of sp³-hybridized carbons (Fsp3) is 0.571. The topological polar surface area (TPSA) is 21.3 Å². The molecule has 1 aromatic carbocycles. The summed E-state index contributed by atoms with van der Waals surface area (Å²) in [5, 5.41) is 3.56. The minimum Gasteiger partial charge on any atom is -0.382 e. The Bertz CT molecular complexity index is 379. The van der Waals surface area contributed by atoms with Crippen molar-refractivity contribution in [2.75, 3.05) is 5.32 Å². The van der Waals surface area contributed by atoms with Gasteiger partial charge < -0.3 is 10.1 Å². The summed E-state index contributed by atoms with van der Waals surface area (Å²) in [6, 6.07) is 6.98. The van der Waals surface area contributed by atoms with Crippen LogP contribution in [0.5, 0.6) is 0 Å². The lowest BCUT2D eigenvalue weighted by Crippen LogP contribution is -2.30. The highest BCUT2D eigenvalue weighted by Gasteiger charge is 2.20. The number of hydrogen-bond acceptors (Lipinski definition) is 2. The maximum atomic E-state index is 5.41. The van der Waals surface area contributed by atoms with Gasteiger partial charge in [0.25, 0.3) is 0 Å². The van der Waals surface area contributed by atoms with Crippen molar-refractivity contribution in [3.8, 4) is 0 Å². The van der Waals surface area contributed by atoms with Gasteiger partial charge in [-0.15, -0.1) is 0 Å². The average molecular weight is 219 g/mol. The molecule has 1 aliphatic rings. The van der Waals surface area contributed by atoms with Crippen LogP contribution in [0.3, 0.4) is 0 Å². The van der Waals surface area contributed by atoms with Crippen molar-refractivity contribution < 1.29 is 4.74 Å². The molecule has 0 fully saturated rings. The average Bonchev–Trinajstić information content (AvgIpc) is 2.63. The molecule has 0 amide bonds. The third-order valence-corrected chi connectivity index (χ3v) is 3.40. The van der Waals surface area contributed by atoms with Crippen LogP contribution in [0, 0.1) is 5.41 Å². The molecule has 0 aromatic heterocycles. The summed E-state index contributed by atoms with van der Waals surface area (Å²) in [6.45, 7) is 10.5. The number of ether oxygens (including phenoxy) is 1. The van der Waals surface area contributed by atoms with Gasteiger partial charge in [-0.3, -0.25) is 0 Å². The second-order valence-electron chi connectivity index (χ2n) is 5.71. The SMILES string of the molecule is CC(Nc1ccc2c(c1)COC2)C(C)(C)C. The molecule has 0 saturated carbocycles. The predicted octanol–water partition coefficient (Wildman–Crippen LogP) is 3.56. The minimum absolute atomic E-state index is 0.273. The van der Waals surface area contributed by atoms with Crippen LogP contribution in [-0.2, 0) is 18.0 Å². The highest BCUT2D eigenvalue weighted by Crippen LogP contribution is 2.26. The Morgan fingerprint density at radius 1 is 1.19 bits per heavy atom. The summed E-state index contributed by atoms with van der Waals surface area (Å²) in [5.74, 6) is 0. The second kappa shape index (κ2) is 4.10. The van der Waals surface area contributed by atoms with Gasteiger partial charge >= 0.3 is 0 Å². The molecule has 2 rings (SSSR count). The largest absolute Gasteiger partial charge is 0.382 e. The van der Waals surface area contributed by atoms with Crippen molar-refractivity contribution in [1.29, 1.82) is 0 Å². The molecule has 2 heteroatoms. The Balaban J connectivity index is 2.11. The first-order chi connectivity index (χ1) is 7.47. The van der Waals surface area contributed by atoms with E-state index >= 15 is 0 Å². The molecule has 1 unspecified atom stereocenters. The van der Waals surface area contributed by atoms with E-state index in [4.69, 9.17) is 4.74 Å². The molecule has 0 spiro atoms. The van der Waals surface area contributed by atoms with E-state index in [0.717, 1.165) is 13.2 Å². The van der Waals surface area contributed by atoms with Crippen molar-refractivity contribution in [2.45, 2.75) is 47.0 Å². The maximum absolute atomic E-state index is 5.41. The molecule has 1 N–H and O–H groups in total. The zero-order chi connectivity index (χ0) is 11.8. The van der Waals surface area contributed by atoms with E-state index in [0.29, 0.717) is 6.04 Å². The summed E-state index contributed by atoms with van der Waals surface area (Å²) in [4.78, 5) is 0. The predicted molar refractivity (Wildman–Crippen MR) is 67.5 cm³/mol. The fourth-order valence-electron chi connectivity index (χ4n) is 1.73. The van der Waals surface area contributed by atoms with Crippen LogP contribution < -0.4 is 5.32 Å². The molecule has 1 heterocycles. The number of benzene rings is 1. The molecule has 0 radical (unpaired) electrons. The number of rotatable bonds is 2. The Kier molecular flexibility index (Phi) is 2.94. The molecule has 88 valence electrons. The van der Waals surface area contributed by atoms with Crippen molar-refractivity contribution in [3.63, 3.8) is 0 Å². The number of anilines is 1. The van der Waals surface area contributed by atoms with Crippen LogP contribution >= 0.6 is 0 Å². The highest BCUT2D eigenvalue weighted by molar-refractivity contribution is 5.50. The summed E-state index contributed by atoms with van der Waals surface area (Å²) in [7, 11) is 0. The first-order valence-corrected chi connectivity index (χ1v) is 5.93. The molecule has 0 aliphatic carbocycles. The molecule has 1 atom stereocenters. The lowest BCUT2D eigenvalue weighted by atomic mass is 9.88. The monoisotopic (exact) mass is 219 g/mol. The van der Waals surface area contributed by atoms with E-state index in [-0.39, 0.29) is 5.41 Å². The van der Waals surface area contributed by atoms with E-state index < -0.39 is 0 Å². The first kappa shape index (κ1) is 11.5. The van der Waals surface area contributed by atoms with Crippen LogP contribution in [0.2, 0.25) is 0 Å².